The highest BCUT2D eigenvalue weighted by Crippen LogP contribution is 2.30. The molecular formula is C13H15NO3. The minimum absolute atomic E-state index is 0.0846. The SMILES string of the molecule is CC(=O)Nc1ccccc1OCC(=O)C1CC1. The Morgan fingerprint density at radius 1 is 1.35 bits per heavy atom. The third-order valence-electron chi connectivity index (χ3n) is 2.60. The molecule has 1 aliphatic carbocycles. The van der Waals surface area contributed by atoms with E-state index < -0.39 is 0 Å². The lowest BCUT2D eigenvalue weighted by Gasteiger charge is -2.10. The summed E-state index contributed by atoms with van der Waals surface area (Å²) in [5, 5.41) is 2.67. The number of rotatable bonds is 5. The number of Topliss-reactive ketones (excluding diaryl/α,β-unsaturated/α-hetero) is 1. The van der Waals surface area contributed by atoms with Crippen molar-refractivity contribution in [2.75, 3.05) is 11.9 Å². The predicted molar refractivity (Wildman–Crippen MR) is 64.0 cm³/mol. The summed E-state index contributed by atoms with van der Waals surface area (Å²) in [6, 6.07) is 7.10. The molecule has 0 spiro atoms. The molecule has 0 heterocycles. The molecule has 0 unspecified atom stereocenters. The Bertz CT molecular complexity index is 438. The second-order valence-electron chi connectivity index (χ2n) is 4.21. The summed E-state index contributed by atoms with van der Waals surface area (Å²) in [6.45, 7) is 1.52. The van der Waals surface area contributed by atoms with Crippen molar-refractivity contribution in [1.29, 1.82) is 0 Å². The van der Waals surface area contributed by atoms with Gasteiger partial charge in [-0.3, -0.25) is 9.59 Å². The van der Waals surface area contributed by atoms with Gasteiger partial charge in [0.15, 0.2) is 5.78 Å². The zero-order valence-electron chi connectivity index (χ0n) is 9.73. The number of anilines is 1. The van der Waals surface area contributed by atoms with Gasteiger partial charge in [-0.05, 0) is 25.0 Å². The molecule has 4 nitrogen and oxygen atoms in total. The number of carbonyl (C=O) groups is 2. The average molecular weight is 233 g/mol. The Morgan fingerprint density at radius 3 is 2.71 bits per heavy atom. The molecule has 0 saturated heterocycles. The first kappa shape index (κ1) is 11.6. The smallest absolute Gasteiger partial charge is 0.221 e. The number of ether oxygens (including phenoxy) is 1. The number of nitrogens with one attached hydrogen (secondary N) is 1. The van der Waals surface area contributed by atoms with Crippen LogP contribution in [0.3, 0.4) is 0 Å². The first-order valence-electron chi connectivity index (χ1n) is 5.69. The summed E-state index contributed by atoms with van der Waals surface area (Å²) < 4.78 is 5.44. The Labute approximate surface area is 100.0 Å². The van der Waals surface area contributed by atoms with Crippen LogP contribution in [0.25, 0.3) is 0 Å². The molecule has 0 aromatic heterocycles. The van der Waals surface area contributed by atoms with Crippen molar-refractivity contribution in [3.63, 3.8) is 0 Å². The maximum absolute atomic E-state index is 11.5. The van der Waals surface area contributed by atoms with E-state index in [9.17, 15) is 9.59 Å². The van der Waals surface area contributed by atoms with E-state index in [-0.39, 0.29) is 24.2 Å². The molecule has 1 aromatic rings. The molecule has 1 aliphatic rings. The van der Waals surface area contributed by atoms with E-state index in [0.717, 1.165) is 12.8 Å². The lowest BCUT2D eigenvalue weighted by Crippen LogP contribution is -2.14. The first-order valence-corrected chi connectivity index (χ1v) is 5.69. The minimum Gasteiger partial charge on any atom is -0.484 e. The van der Waals surface area contributed by atoms with Gasteiger partial charge in [-0.1, -0.05) is 12.1 Å². The van der Waals surface area contributed by atoms with E-state index >= 15 is 0 Å². The number of hydrogen-bond acceptors (Lipinski definition) is 3. The molecule has 1 saturated carbocycles. The monoisotopic (exact) mass is 233 g/mol. The van der Waals surface area contributed by atoms with Gasteiger partial charge >= 0.3 is 0 Å². The van der Waals surface area contributed by atoms with E-state index in [4.69, 9.17) is 4.74 Å². The highest BCUT2D eigenvalue weighted by atomic mass is 16.5. The van der Waals surface area contributed by atoms with Crippen LogP contribution in [0.2, 0.25) is 0 Å². The Kier molecular flexibility index (Phi) is 3.42. The van der Waals surface area contributed by atoms with Crippen LogP contribution in [0.4, 0.5) is 5.69 Å². The Hall–Kier alpha value is -1.84. The molecular weight excluding hydrogens is 218 g/mol. The second-order valence-corrected chi connectivity index (χ2v) is 4.21. The molecule has 1 fully saturated rings. The summed E-state index contributed by atoms with van der Waals surface area (Å²) in [6.07, 6.45) is 1.96. The zero-order valence-corrected chi connectivity index (χ0v) is 9.73. The molecule has 1 N–H and O–H groups in total. The summed E-state index contributed by atoms with van der Waals surface area (Å²) >= 11 is 0. The number of amides is 1. The lowest BCUT2D eigenvalue weighted by molar-refractivity contribution is -0.122. The first-order chi connectivity index (χ1) is 8.16. The van der Waals surface area contributed by atoms with Gasteiger partial charge in [0.25, 0.3) is 0 Å². The standard InChI is InChI=1S/C13H15NO3/c1-9(15)14-11-4-2-3-5-13(11)17-8-12(16)10-6-7-10/h2-5,10H,6-8H2,1H3,(H,14,15). The topological polar surface area (TPSA) is 55.4 Å². The molecule has 1 amide bonds. The van der Waals surface area contributed by atoms with Gasteiger partial charge in [0.1, 0.15) is 12.4 Å². The van der Waals surface area contributed by atoms with Crippen molar-refractivity contribution in [1.82, 2.24) is 0 Å². The van der Waals surface area contributed by atoms with Crippen LogP contribution in [0.1, 0.15) is 19.8 Å². The van der Waals surface area contributed by atoms with Crippen molar-refractivity contribution in [2.45, 2.75) is 19.8 Å². The fraction of sp³-hybridized carbons (Fsp3) is 0.385. The normalized spacial score (nSPS) is 14.2. The molecule has 4 heteroatoms. The number of para-hydroxylation sites is 2. The van der Waals surface area contributed by atoms with E-state index in [1.807, 2.05) is 6.07 Å². The van der Waals surface area contributed by atoms with Crippen LogP contribution in [0.15, 0.2) is 24.3 Å². The van der Waals surface area contributed by atoms with Crippen LogP contribution in [0.5, 0.6) is 5.75 Å². The predicted octanol–water partition coefficient (Wildman–Crippen LogP) is 2.00. The largest absolute Gasteiger partial charge is 0.484 e. The molecule has 0 atom stereocenters. The van der Waals surface area contributed by atoms with Gasteiger partial charge in [-0.2, -0.15) is 0 Å². The van der Waals surface area contributed by atoms with Gasteiger partial charge in [-0.25, -0.2) is 0 Å². The highest BCUT2D eigenvalue weighted by molar-refractivity contribution is 5.90. The van der Waals surface area contributed by atoms with Crippen molar-refractivity contribution in [2.24, 2.45) is 5.92 Å². The molecule has 2 rings (SSSR count). The van der Waals surface area contributed by atoms with Crippen molar-refractivity contribution in [3.8, 4) is 5.75 Å². The molecule has 0 radical (unpaired) electrons. The number of carbonyl (C=O) groups excluding carboxylic acids is 2. The van der Waals surface area contributed by atoms with Crippen LogP contribution >= 0.6 is 0 Å². The molecule has 0 aliphatic heterocycles. The lowest BCUT2D eigenvalue weighted by atomic mass is 10.2. The van der Waals surface area contributed by atoms with Crippen LogP contribution < -0.4 is 10.1 Å². The molecule has 1 aromatic carbocycles. The number of ketones is 1. The third kappa shape index (κ3) is 3.31. The third-order valence-corrected chi connectivity index (χ3v) is 2.60. The Balaban J connectivity index is 1.98. The van der Waals surface area contributed by atoms with E-state index in [0.29, 0.717) is 11.4 Å². The zero-order chi connectivity index (χ0) is 12.3. The van der Waals surface area contributed by atoms with E-state index in [1.165, 1.54) is 6.92 Å². The molecule has 0 bridgehead atoms. The van der Waals surface area contributed by atoms with E-state index in [1.54, 1.807) is 18.2 Å². The van der Waals surface area contributed by atoms with E-state index in [2.05, 4.69) is 5.32 Å². The van der Waals surface area contributed by atoms with Crippen LogP contribution in [0, 0.1) is 5.92 Å². The van der Waals surface area contributed by atoms with Crippen molar-refractivity contribution < 1.29 is 14.3 Å². The molecule has 17 heavy (non-hydrogen) atoms. The summed E-state index contributed by atoms with van der Waals surface area (Å²) in [5.74, 6) is 0.719. The maximum atomic E-state index is 11.5. The highest BCUT2D eigenvalue weighted by Gasteiger charge is 2.29. The van der Waals surface area contributed by atoms with Crippen molar-refractivity contribution >= 4 is 17.4 Å². The van der Waals surface area contributed by atoms with Crippen LogP contribution in [-0.4, -0.2) is 18.3 Å². The van der Waals surface area contributed by atoms with Gasteiger partial charge in [-0.15, -0.1) is 0 Å². The number of hydrogen-bond donors (Lipinski definition) is 1. The number of benzene rings is 1. The second kappa shape index (κ2) is 4.99. The van der Waals surface area contributed by atoms with Gasteiger partial charge in [0.05, 0.1) is 5.69 Å². The maximum Gasteiger partial charge on any atom is 0.221 e. The molecule has 90 valence electrons. The fourth-order valence-electron chi connectivity index (χ4n) is 1.56. The Morgan fingerprint density at radius 2 is 2.06 bits per heavy atom. The van der Waals surface area contributed by atoms with Gasteiger partial charge < -0.3 is 10.1 Å². The summed E-state index contributed by atoms with van der Waals surface area (Å²) in [5.41, 5.74) is 0.601. The average Bonchev–Trinajstić information content (AvgIpc) is 3.10. The van der Waals surface area contributed by atoms with Gasteiger partial charge in [0, 0.05) is 12.8 Å². The van der Waals surface area contributed by atoms with Crippen LogP contribution in [-0.2, 0) is 9.59 Å². The van der Waals surface area contributed by atoms with Crippen molar-refractivity contribution in [3.05, 3.63) is 24.3 Å². The summed E-state index contributed by atoms with van der Waals surface area (Å²) in [7, 11) is 0. The quantitative estimate of drug-likeness (QED) is 0.846. The van der Waals surface area contributed by atoms with Gasteiger partial charge in [0.2, 0.25) is 5.91 Å². The summed E-state index contributed by atoms with van der Waals surface area (Å²) in [4.78, 5) is 22.5. The minimum atomic E-state index is -0.158. The fourth-order valence-corrected chi connectivity index (χ4v) is 1.56.